The van der Waals surface area contributed by atoms with Crippen LogP contribution in [0.3, 0.4) is 0 Å². The molecule has 0 bridgehead atoms. The van der Waals surface area contributed by atoms with Gasteiger partial charge in [-0.05, 0) is 44.9 Å². The van der Waals surface area contributed by atoms with Gasteiger partial charge in [0.05, 0.1) is 0 Å². The molecule has 0 aromatic carbocycles. The Balaban J connectivity index is 3.04. The van der Waals surface area contributed by atoms with Gasteiger partial charge >= 0.3 is 0 Å². The predicted octanol–water partition coefficient (Wildman–Crippen LogP) is 5.85. The first-order valence-corrected chi connectivity index (χ1v) is 7.01. The molecule has 0 nitrogen and oxygen atoms in total. The molecule has 0 fully saturated rings. The van der Waals surface area contributed by atoms with Crippen LogP contribution in [0.5, 0.6) is 0 Å². The van der Waals surface area contributed by atoms with Crippen molar-refractivity contribution >= 4 is 0 Å². The van der Waals surface area contributed by atoms with Crippen molar-refractivity contribution in [3.05, 3.63) is 31.2 Å². The topological polar surface area (TPSA) is 0 Å². The zero-order valence-corrected chi connectivity index (χ0v) is 11.1. The standard InChI is InChI=1S/C16H29/c1-3-5-7-9-11-13-15-16-14-12-10-8-6-4-2/h7-10H,1,3-6,11-16H2,2H3. The number of unbranched alkanes of at least 4 members (excludes halogenated alkanes) is 7. The molecular weight excluding hydrogens is 192 g/mol. The van der Waals surface area contributed by atoms with E-state index in [1.807, 2.05) is 0 Å². The Hall–Kier alpha value is -0.520. The van der Waals surface area contributed by atoms with Crippen LogP contribution in [-0.2, 0) is 0 Å². The molecule has 0 aromatic rings. The molecule has 0 heterocycles. The van der Waals surface area contributed by atoms with Crippen LogP contribution in [0.25, 0.3) is 0 Å². The monoisotopic (exact) mass is 221 g/mol. The average molecular weight is 221 g/mol. The van der Waals surface area contributed by atoms with Crippen LogP contribution < -0.4 is 0 Å². The van der Waals surface area contributed by atoms with E-state index in [0.717, 1.165) is 12.8 Å². The molecule has 1 radical (unpaired) electrons. The third-order valence-corrected chi connectivity index (χ3v) is 2.65. The van der Waals surface area contributed by atoms with Gasteiger partial charge in [-0.15, -0.1) is 0 Å². The number of rotatable bonds is 11. The van der Waals surface area contributed by atoms with Crippen LogP contribution in [0.1, 0.15) is 71.1 Å². The van der Waals surface area contributed by atoms with Gasteiger partial charge in [-0.2, -0.15) is 0 Å². The summed E-state index contributed by atoms with van der Waals surface area (Å²) in [5, 5.41) is 0. The first-order valence-electron chi connectivity index (χ1n) is 7.01. The summed E-state index contributed by atoms with van der Waals surface area (Å²) in [5.74, 6) is 0. The summed E-state index contributed by atoms with van der Waals surface area (Å²) in [4.78, 5) is 0. The van der Waals surface area contributed by atoms with Gasteiger partial charge in [-0.3, -0.25) is 0 Å². The first kappa shape index (κ1) is 15.5. The van der Waals surface area contributed by atoms with Crippen molar-refractivity contribution in [2.24, 2.45) is 0 Å². The summed E-state index contributed by atoms with van der Waals surface area (Å²) in [6, 6.07) is 0. The average Bonchev–Trinajstić information content (AvgIpc) is 2.31. The smallest absolute Gasteiger partial charge is 0.0351 e. The zero-order chi connectivity index (χ0) is 11.9. The van der Waals surface area contributed by atoms with Gasteiger partial charge in [0.15, 0.2) is 0 Å². The van der Waals surface area contributed by atoms with Crippen molar-refractivity contribution < 1.29 is 0 Å². The molecule has 0 saturated heterocycles. The summed E-state index contributed by atoms with van der Waals surface area (Å²) in [5.41, 5.74) is 0. The molecular formula is C16H29. The SMILES string of the molecule is [CH2]CCC=CCCCCCCC=CCCC. The molecule has 0 spiro atoms. The fraction of sp³-hybridized carbons (Fsp3) is 0.688. The molecule has 0 saturated carbocycles. The minimum absolute atomic E-state index is 1.03. The lowest BCUT2D eigenvalue weighted by atomic mass is 10.1. The van der Waals surface area contributed by atoms with E-state index in [2.05, 4.69) is 38.2 Å². The van der Waals surface area contributed by atoms with Crippen LogP contribution in [0.15, 0.2) is 24.3 Å². The maximum atomic E-state index is 3.82. The van der Waals surface area contributed by atoms with E-state index in [1.54, 1.807) is 0 Å². The Labute approximate surface area is 103 Å². The Morgan fingerprint density at radius 2 is 1.19 bits per heavy atom. The van der Waals surface area contributed by atoms with E-state index in [0.29, 0.717) is 0 Å². The highest BCUT2D eigenvalue weighted by atomic mass is 13.9. The Bertz CT molecular complexity index is 145. The lowest BCUT2D eigenvalue weighted by molar-refractivity contribution is 0.651. The highest BCUT2D eigenvalue weighted by molar-refractivity contribution is 4.82. The maximum Gasteiger partial charge on any atom is -0.0351 e. The highest BCUT2D eigenvalue weighted by Crippen LogP contribution is 2.07. The maximum absolute atomic E-state index is 3.82. The van der Waals surface area contributed by atoms with Gasteiger partial charge in [0, 0.05) is 0 Å². The van der Waals surface area contributed by atoms with Crippen LogP contribution in [0.2, 0.25) is 0 Å². The van der Waals surface area contributed by atoms with E-state index in [4.69, 9.17) is 0 Å². The fourth-order valence-corrected chi connectivity index (χ4v) is 1.63. The molecule has 0 atom stereocenters. The first-order chi connectivity index (χ1) is 7.91. The normalized spacial score (nSPS) is 11.9. The molecule has 0 aliphatic rings. The zero-order valence-electron chi connectivity index (χ0n) is 11.1. The van der Waals surface area contributed by atoms with Gasteiger partial charge in [0.25, 0.3) is 0 Å². The third-order valence-electron chi connectivity index (χ3n) is 2.65. The van der Waals surface area contributed by atoms with Crippen molar-refractivity contribution in [2.75, 3.05) is 0 Å². The lowest BCUT2D eigenvalue weighted by Crippen LogP contribution is -1.77. The van der Waals surface area contributed by atoms with Crippen LogP contribution in [0.4, 0.5) is 0 Å². The second-order valence-electron chi connectivity index (χ2n) is 4.37. The number of hydrogen-bond acceptors (Lipinski definition) is 0. The van der Waals surface area contributed by atoms with Gasteiger partial charge in [0.1, 0.15) is 0 Å². The van der Waals surface area contributed by atoms with Crippen LogP contribution in [0, 0.1) is 6.92 Å². The minimum atomic E-state index is 1.03. The second kappa shape index (κ2) is 14.5. The van der Waals surface area contributed by atoms with Crippen LogP contribution in [-0.4, -0.2) is 0 Å². The van der Waals surface area contributed by atoms with Gasteiger partial charge in [0.2, 0.25) is 0 Å². The van der Waals surface area contributed by atoms with Crippen molar-refractivity contribution in [3.63, 3.8) is 0 Å². The van der Waals surface area contributed by atoms with Gasteiger partial charge in [-0.1, -0.05) is 57.4 Å². The number of hydrogen-bond donors (Lipinski definition) is 0. The molecule has 0 amide bonds. The Morgan fingerprint density at radius 3 is 1.69 bits per heavy atom. The number of allylic oxidation sites excluding steroid dienone is 4. The van der Waals surface area contributed by atoms with E-state index < -0.39 is 0 Å². The van der Waals surface area contributed by atoms with E-state index >= 15 is 0 Å². The van der Waals surface area contributed by atoms with Gasteiger partial charge in [-0.25, -0.2) is 0 Å². The molecule has 0 aromatic heterocycles. The van der Waals surface area contributed by atoms with E-state index in [-0.39, 0.29) is 0 Å². The molecule has 0 unspecified atom stereocenters. The third kappa shape index (κ3) is 13.5. The summed E-state index contributed by atoms with van der Waals surface area (Å²) in [7, 11) is 0. The highest BCUT2D eigenvalue weighted by Gasteiger charge is 1.87. The minimum Gasteiger partial charge on any atom is -0.0885 e. The van der Waals surface area contributed by atoms with Crippen molar-refractivity contribution in [1.82, 2.24) is 0 Å². The van der Waals surface area contributed by atoms with Crippen molar-refractivity contribution in [1.29, 1.82) is 0 Å². The molecule has 0 heteroatoms. The molecule has 0 aliphatic heterocycles. The molecule has 16 heavy (non-hydrogen) atoms. The lowest BCUT2D eigenvalue weighted by Gasteiger charge is -1.97. The summed E-state index contributed by atoms with van der Waals surface area (Å²) < 4.78 is 0. The molecule has 0 N–H and O–H groups in total. The van der Waals surface area contributed by atoms with Crippen LogP contribution >= 0.6 is 0 Å². The summed E-state index contributed by atoms with van der Waals surface area (Å²) in [6.45, 7) is 6.05. The van der Waals surface area contributed by atoms with E-state index in [9.17, 15) is 0 Å². The Kier molecular flexibility index (Phi) is 14.0. The fourth-order valence-electron chi connectivity index (χ4n) is 1.63. The quantitative estimate of drug-likeness (QED) is 0.303. The molecule has 0 rings (SSSR count). The molecule has 0 aliphatic carbocycles. The Morgan fingerprint density at radius 1 is 0.688 bits per heavy atom. The van der Waals surface area contributed by atoms with Gasteiger partial charge < -0.3 is 0 Å². The van der Waals surface area contributed by atoms with Crippen molar-refractivity contribution in [3.8, 4) is 0 Å². The summed E-state index contributed by atoms with van der Waals surface area (Å²) >= 11 is 0. The predicted molar refractivity (Wildman–Crippen MR) is 75.5 cm³/mol. The molecule has 93 valence electrons. The second-order valence-corrected chi connectivity index (χ2v) is 4.37. The summed E-state index contributed by atoms with van der Waals surface area (Å²) in [6.07, 6.45) is 22.0. The van der Waals surface area contributed by atoms with Crippen molar-refractivity contribution in [2.45, 2.75) is 71.1 Å². The largest absolute Gasteiger partial charge is 0.0885 e. The van der Waals surface area contributed by atoms with E-state index in [1.165, 1.54) is 51.4 Å².